The second-order valence-corrected chi connectivity index (χ2v) is 5.67. The lowest BCUT2D eigenvalue weighted by molar-refractivity contribution is -0.131. The molecule has 3 rings (SSSR count). The minimum atomic E-state index is -0.302. The van der Waals surface area contributed by atoms with Crippen molar-refractivity contribution in [3.63, 3.8) is 0 Å². The normalized spacial score (nSPS) is 15.5. The molecule has 0 atom stereocenters. The number of ether oxygens (including phenoxy) is 1. The van der Waals surface area contributed by atoms with Gasteiger partial charge in [-0.05, 0) is 55.0 Å². The number of pyridine rings is 1. The summed E-state index contributed by atoms with van der Waals surface area (Å²) in [6.07, 6.45) is 7.21. The lowest BCUT2D eigenvalue weighted by Crippen LogP contribution is -2.05. The van der Waals surface area contributed by atoms with Crippen molar-refractivity contribution >= 4 is 17.6 Å². The Morgan fingerprint density at radius 1 is 1.27 bits per heavy atom. The van der Waals surface area contributed by atoms with Gasteiger partial charge in [-0.2, -0.15) is 0 Å². The highest BCUT2D eigenvalue weighted by Crippen LogP contribution is 2.33. The zero-order chi connectivity index (χ0) is 15.5. The van der Waals surface area contributed by atoms with Crippen molar-refractivity contribution in [1.82, 2.24) is 4.98 Å². The summed E-state index contributed by atoms with van der Waals surface area (Å²) in [6, 6.07) is 9.82. The second kappa shape index (κ2) is 6.14. The zero-order valence-electron chi connectivity index (χ0n) is 12.9. The van der Waals surface area contributed by atoms with Crippen LogP contribution in [0.25, 0.3) is 11.6 Å². The molecule has 112 valence electrons. The molecular formula is C19H19NO2. The summed E-state index contributed by atoms with van der Waals surface area (Å²) >= 11 is 0. The fourth-order valence-electron chi connectivity index (χ4n) is 2.87. The molecule has 0 N–H and O–H groups in total. The van der Waals surface area contributed by atoms with Gasteiger partial charge in [0.1, 0.15) is 5.75 Å². The molecule has 0 amide bonds. The van der Waals surface area contributed by atoms with E-state index in [9.17, 15) is 4.79 Å². The van der Waals surface area contributed by atoms with E-state index in [-0.39, 0.29) is 5.97 Å². The summed E-state index contributed by atoms with van der Waals surface area (Å²) in [5.74, 6) is 0.297. The van der Waals surface area contributed by atoms with Crippen LogP contribution < -0.4 is 4.74 Å². The first-order valence-electron chi connectivity index (χ1n) is 7.57. The van der Waals surface area contributed by atoms with Crippen molar-refractivity contribution in [3.8, 4) is 5.75 Å². The fraction of sp³-hybridized carbons (Fsp3) is 0.263. The number of esters is 1. The first kappa shape index (κ1) is 14.5. The van der Waals surface area contributed by atoms with Crippen LogP contribution in [-0.4, -0.2) is 11.0 Å². The number of allylic oxidation sites excluding steroid dienone is 1. The third kappa shape index (κ3) is 3.08. The number of hydrogen-bond donors (Lipinski definition) is 0. The highest BCUT2D eigenvalue weighted by molar-refractivity contribution is 5.84. The lowest BCUT2D eigenvalue weighted by atomic mass is 9.89. The Labute approximate surface area is 130 Å². The molecular weight excluding hydrogens is 274 g/mol. The van der Waals surface area contributed by atoms with Crippen LogP contribution in [0.15, 0.2) is 36.5 Å². The highest BCUT2D eigenvalue weighted by Gasteiger charge is 2.16. The summed E-state index contributed by atoms with van der Waals surface area (Å²) in [6.45, 7) is 3.49. The number of carbonyl (C=O) groups excluding carboxylic acids is 1. The molecule has 0 radical (unpaired) electrons. The number of fused-ring (bicyclic) bond motifs is 1. The van der Waals surface area contributed by atoms with E-state index in [0.29, 0.717) is 5.75 Å². The molecule has 1 aliphatic rings. The maximum absolute atomic E-state index is 11.2. The molecule has 0 fully saturated rings. The summed E-state index contributed by atoms with van der Waals surface area (Å²) in [5, 5.41) is 0. The van der Waals surface area contributed by atoms with Gasteiger partial charge >= 0.3 is 5.97 Å². The number of nitrogens with zero attached hydrogens (tertiary/aromatic N) is 1. The van der Waals surface area contributed by atoms with Gasteiger partial charge < -0.3 is 4.74 Å². The summed E-state index contributed by atoms with van der Waals surface area (Å²) in [7, 11) is 0. The standard InChI is InChI=1S/C19H19NO2/c1-13-10-16-7-5-8-17(19(16)20-12-13)11-15-6-3-4-9-18(15)22-14(2)21/h3-4,6,9-12H,5,7-8H2,1-2H3/b17-11+. The number of carbonyl (C=O) groups is 1. The number of para-hydroxylation sites is 1. The van der Waals surface area contributed by atoms with E-state index in [2.05, 4.69) is 24.1 Å². The number of hydrogen-bond acceptors (Lipinski definition) is 3. The van der Waals surface area contributed by atoms with Gasteiger partial charge in [0, 0.05) is 18.7 Å². The average molecular weight is 293 g/mol. The lowest BCUT2D eigenvalue weighted by Gasteiger charge is -2.19. The van der Waals surface area contributed by atoms with Crippen LogP contribution in [0.4, 0.5) is 0 Å². The molecule has 0 unspecified atom stereocenters. The van der Waals surface area contributed by atoms with E-state index >= 15 is 0 Å². The van der Waals surface area contributed by atoms with Crippen LogP contribution in [0.1, 0.15) is 42.1 Å². The van der Waals surface area contributed by atoms with Crippen LogP contribution in [0.3, 0.4) is 0 Å². The van der Waals surface area contributed by atoms with E-state index in [0.717, 1.165) is 30.5 Å². The molecule has 0 aliphatic heterocycles. The van der Waals surface area contributed by atoms with Gasteiger partial charge in [0.2, 0.25) is 0 Å². The Balaban J connectivity index is 2.02. The summed E-state index contributed by atoms with van der Waals surface area (Å²) in [5.41, 5.74) is 5.71. The quantitative estimate of drug-likeness (QED) is 0.615. The Morgan fingerprint density at radius 3 is 2.91 bits per heavy atom. The molecule has 0 saturated carbocycles. The number of aromatic nitrogens is 1. The molecule has 2 aromatic rings. The predicted molar refractivity (Wildman–Crippen MR) is 87.5 cm³/mol. The number of rotatable bonds is 2. The minimum absolute atomic E-state index is 0.302. The van der Waals surface area contributed by atoms with E-state index in [1.165, 1.54) is 23.6 Å². The van der Waals surface area contributed by atoms with E-state index in [1.807, 2.05) is 30.5 Å². The van der Waals surface area contributed by atoms with Crippen molar-refractivity contribution in [3.05, 3.63) is 58.9 Å². The number of benzene rings is 1. The van der Waals surface area contributed by atoms with Crippen molar-refractivity contribution in [2.24, 2.45) is 0 Å². The minimum Gasteiger partial charge on any atom is -0.426 e. The van der Waals surface area contributed by atoms with E-state index in [4.69, 9.17) is 4.74 Å². The fourth-order valence-corrected chi connectivity index (χ4v) is 2.87. The molecule has 1 aliphatic carbocycles. The Bertz CT molecular complexity index is 747. The van der Waals surface area contributed by atoms with Gasteiger partial charge in [-0.1, -0.05) is 24.3 Å². The molecule has 22 heavy (non-hydrogen) atoms. The first-order valence-corrected chi connectivity index (χ1v) is 7.57. The zero-order valence-corrected chi connectivity index (χ0v) is 12.9. The molecule has 1 aromatic heterocycles. The van der Waals surface area contributed by atoms with Crippen molar-refractivity contribution in [2.45, 2.75) is 33.1 Å². The highest BCUT2D eigenvalue weighted by atomic mass is 16.5. The molecule has 0 spiro atoms. The molecule has 0 bridgehead atoms. The molecule has 1 heterocycles. The van der Waals surface area contributed by atoms with Crippen molar-refractivity contribution in [2.75, 3.05) is 0 Å². The van der Waals surface area contributed by atoms with Crippen LogP contribution >= 0.6 is 0 Å². The van der Waals surface area contributed by atoms with Crippen LogP contribution in [0.5, 0.6) is 5.75 Å². The topological polar surface area (TPSA) is 39.2 Å². The second-order valence-electron chi connectivity index (χ2n) is 5.67. The number of aryl methyl sites for hydroxylation is 2. The van der Waals surface area contributed by atoms with Gasteiger partial charge in [0.05, 0.1) is 5.69 Å². The Morgan fingerprint density at radius 2 is 2.09 bits per heavy atom. The Hall–Kier alpha value is -2.42. The van der Waals surface area contributed by atoms with Gasteiger partial charge in [-0.3, -0.25) is 9.78 Å². The molecule has 0 saturated heterocycles. The largest absolute Gasteiger partial charge is 0.426 e. The molecule has 1 aromatic carbocycles. The summed E-state index contributed by atoms with van der Waals surface area (Å²) < 4.78 is 5.29. The first-order chi connectivity index (χ1) is 10.6. The monoisotopic (exact) mass is 293 g/mol. The van der Waals surface area contributed by atoms with Gasteiger partial charge in [0.25, 0.3) is 0 Å². The maximum Gasteiger partial charge on any atom is 0.308 e. The van der Waals surface area contributed by atoms with Crippen LogP contribution in [-0.2, 0) is 11.2 Å². The van der Waals surface area contributed by atoms with E-state index < -0.39 is 0 Å². The Kier molecular flexibility index (Phi) is 4.05. The molecule has 3 nitrogen and oxygen atoms in total. The summed E-state index contributed by atoms with van der Waals surface area (Å²) in [4.78, 5) is 15.8. The third-order valence-corrected chi connectivity index (χ3v) is 3.80. The molecule has 3 heteroatoms. The van der Waals surface area contributed by atoms with Crippen LogP contribution in [0.2, 0.25) is 0 Å². The van der Waals surface area contributed by atoms with Crippen molar-refractivity contribution in [1.29, 1.82) is 0 Å². The average Bonchev–Trinajstić information content (AvgIpc) is 2.48. The predicted octanol–water partition coefficient (Wildman–Crippen LogP) is 4.19. The maximum atomic E-state index is 11.2. The van der Waals surface area contributed by atoms with E-state index in [1.54, 1.807) is 0 Å². The van der Waals surface area contributed by atoms with Crippen LogP contribution in [0, 0.1) is 6.92 Å². The van der Waals surface area contributed by atoms with Gasteiger partial charge in [0.15, 0.2) is 0 Å². The van der Waals surface area contributed by atoms with Crippen molar-refractivity contribution < 1.29 is 9.53 Å². The van der Waals surface area contributed by atoms with Gasteiger partial charge in [-0.15, -0.1) is 0 Å². The van der Waals surface area contributed by atoms with Gasteiger partial charge in [-0.25, -0.2) is 0 Å². The smallest absolute Gasteiger partial charge is 0.308 e. The SMILES string of the molecule is CC(=O)Oc1ccccc1/C=C1\CCCc2cc(C)cnc21. The third-order valence-electron chi connectivity index (χ3n) is 3.80.